The van der Waals surface area contributed by atoms with Crippen LogP contribution in [0, 0.1) is 0 Å². The van der Waals surface area contributed by atoms with E-state index >= 15 is 0 Å². The van der Waals surface area contributed by atoms with Crippen molar-refractivity contribution < 1.29 is 27.0 Å². The molecule has 112 valence electrons. The highest BCUT2D eigenvalue weighted by atomic mass is 79.9. The normalized spacial score (nSPS) is 20.2. The fraction of sp³-hybridized carbons (Fsp3) is 0.294. The van der Waals surface area contributed by atoms with Crippen molar-refractivity contribution >= 4 is 11.6 Å². The Morgan fingerprint density at radius 2 is 1.81 bits per heavy atom. The van der Waals surface area contributed by atoms with Crippen molar-refractivity contribution in [2.75, 3.05) is 14.1 Å². The maximum absolute atomic E-state index is 9.93. The van der Waals surface area contributed by atoms with E-state index in [1.165, 1.54) is 21.6 Å². The summed E-state index contributed by atoms with van der Waals surface area (Å²) in [6.45, 7) is 0. The summed E-state index contributed by atoms with van der Waals surface area (Å²) in [6, 6.07) is 14.8. The first-order valence-corrected chi connectivity index (χ1v) is 7.32. The Morgan fingerprint density at radius 3 is 2.43 bits per heavy atom. The van der Waals surface area contributed by atoms with E-state index in [2.05, 4.69) is 38.4 Å². The monoisotopic (exact) mass is 367 g/mol. The minimum absolute atomic E-state index is 0. The molecule has 2 atom stereocenters. The maximum atomic E-state index is 9.93. The van der Waals surface area contributed by atoms with E-state index in [9.17, 15) is 5.11 Å². The first kappa shape index (κ1) is 16.3. The second-order valence-corrected chi connectivity index (χ2v) is 6.19. The Hall–Kier alpha value is -1.03. The van der Waals surface area contributed by atoms with Crippen LogP contribution in [-0.2, 0) is 6.42 Å². The van der Waals surface area contributed by atoms with Crippen LogP contribution in [0.1, 0.15) is 22.6 Å². The first-order valence-electron chi connectivity index (χ1n) is 6.94. The lowest BCUT2D eigenvalue weighted by molar-refractivity contribution is -0.886. The van der Waals surface area contributed by atoms with Gasteiger partial charge in [0.2, 0.25) is 0 Å². The average Bonchev–Trinajstić information content (AvgIpc) is 2.79. The molecule has 0 bridgehead atoms. The van der Waals surface area contributed by atoms with Crippen LogP contribution in [0.5, 0.6) is 5.75 Å². The molecule has 3 rings (SSSR count). The fourth-order valence-electron chi connectivity index (χ4n) is 3.27. The van der Waals surface area contributed by atoms with Gasteiger partial charge in [0.1, 0.15) is 11.8 Å². The van der Waals surface area contributed by atoms with Gasteiger partial charge >= 0.3 is 0 Å². The molecule has 0 aromatic heterocycles. The molecule has 1 aliphatic carbocycles. The molecule has 0 spiro atoms. The fourth-order valence-corrected chi connectivity index (χ4v) is 3.45. The molecule has 4 heteroatoms. The first-order chi connectivity index (χ1) is 9.58. The van der Waals surface area contributed by atoms with Gasteiger partial charge in [-0.05, 0) is 28.8 Å². The van der Waals surface area contributed by atoms with Crippen LogP contribution in [0.25, 0.3) is 0 Å². The number of phenols is 1. The third kappa shape index (κ3) is 2.96. The number of benzene rings is 2. The minimum atomic E-state index is 0. The Bertz CT molecular complexity index is 630. The zero-order valence-corrected chi connectivity index (χ0v) is 14.4. The number of fused-ring (bicyclic) bond motifs is 1. The van der Waals surface area contributed by atoms with E-state index in [-0.39, 0.29) is 22.7 Å². The standard InChI is InChI=1S/C17H18ClNO.BrH/c1-19(2)15-9-12-8-14(18)16(20)10-13(12)17(15)11-6-4-3-5-7-11;/h3-8,10,15,17,20H,9H2,1-2H3;1H/t15-,17-;/m1./s1. The molecule has 0 unspecified atom stereocenters. The molecule has 0 aliphatic heterocycles. The largest absolute Gasteiger partial charge is 1.00 e. The highest BCUT2D eigenvalue weighted by Gasteiger charge is 2.38. The van der Waals surface area contributed by atoms with Gasteiger partial charge in [0.25, 0.3) is 0 Å². The summed E-state index contributed by atoms with van der Waals surface area (Å²) in [4.78, 5) is 1.42. The number of likely N-dealkylation sites (N-methyl/N-ethyl adjacent to an activating group) is 1. The van der Waals surface area contributed by atoms with E-state index in [1.807, 2.05) is 18.2 Å². The molecule has 1 aliphatic rings. The molecule has 0 amide bonds. The number of nitrogens with one attached hydrogen (secondary N) is 1. The van der Waals surface area contributed by atoms with E-state index in [0.717, 1.165) is 6.42 Å². The number of hydrogen-bond donors (Lipinski definition) is 2. The van der Waals surface area contributed by atoms with Gasteiger partial charge < -0.3 is 27.0 Å². The van der Waals surface area contributed by atoms with Crippen molar-refractivity contribution in [3.8, 4) is 5.75 Å². The Morgan fingerprint density at radius 1 is 1.14 bits per heavy atom. The van der Waals surface area contributed by atoms with Crippen LogP contribution in [0.4, 0.5) is 0 Å². The molecule has 0 saturated heterocycles. The van der Waals surface area contributed by atoms with Gasteiger partial charge in [-0.1, -0.05) is 41.9 Å². The summed E-state index contributed by atoms with van der Waals surface area (Å²) in [5.41, 5.74) is 3.77. The van der Waals surface area contributed by atoms with Gasteiger partial charge in [0.05, 0.1) is 25.0 Å². The van der Waals surface area contributed by atoms with Crippen LogP contribution >= 0.6 is 11.6 Å². The van der Waals surface area contributed by atoms with Gasteiger partial charge in [0.15, 0.2) is 0 Å². The van der Waals surface area contributed by atoms with Gasteiger partial charge in [-0.15, -0.1) is 0 Å². The Labute approximate surface area is 141 Å². The minimum Gasteiger partial charge on any atom is -1.00 e. The van der Waals surface area contributed by atoms with Gasteiger partial charge in [-0.2, -0.15) is 0 Å². The molecule has 0 radical (unpaired) electrons. The van der Waals surface area contributed by atoms with Crippen molar-refractivity contribution in [2.45, 2.75) is 18.4 Å². The lowest BCUT2D eigenvalue weighted by Crippen LogP contribution is -3.10. The number of hydrogen-bond acceptors (Lipinski definition) is 1. The summed E-state index contributed by atoms with van der Waals surface area (Å²) in [5, 5.41) is 10.4. The van der Waals surface area contributed by atoms with Crippen molar-refractivity contribution in [3.05, 3.63) is 64.2 Å². The number of rotatable bonds is 2. The zero-order chi connectivity index (χ0) is 14.3. The van der Waals surface area contributed by atoms with Crippen molar-refractivity contribution in [1.29, 1.82) is 0 Å². The summed E-state index contributed by atoms with van der Waals surface area (Å²) in [5.74, 6) is 0.500. The summed E-state index contributed by atoms with van der Waals surface area (Å²) in [6.07, 6.45) is 0.997. The number of quaternary nitrogens is 1. The lowest BCUT2D eigenvalue weighted by Gasteiger charge is -2.24. The molecule has 2 aromatic rings. The predicted octanol–water partition coefficient (Wildman–Crippen LogP) is -0.749. The van der Waals surface area contributed by atoms with E-state index in [4.69, 9.17) is 11.6 Å². The molecule has 2 aromatic carbocycles. The van der Waals surface area contributed by atoms with Crippen LogP contribution in [0.3, 0.4) is 0 Å². The van der Waals surface area contributed by atoms with Crippen LogP contribution in [0.2, 0.25) is 5.02 Å². The number of aromatic hydroxyl groups is 1. The highest BCUT2D eigenvalue weighted by molar-refractivity contribution is 6.32. The van der Waals surface area contributed by atoms with E-state index in [1.54, 1.807) is 0 Å². The number of halogens is 2. The van der Waals surface area contributed by atoms with Crippen LogP contribution in [0.15, 0.2) is 42.5 Å². The lowest BCUT2D eigenvalue weighted by atomic mass is 9.89. The molecule has 2 nitrogen and oxygen atoms in total. The third-order valence-electron chi connectivity index (χ3n) is 4.29. The summed E-state index contributed by atoms with van der Waals surface area (Å²) in [7, 11) is 4.38. The quantitative estimate of drug-likeness (QED) is 0.716. The molecule has 21 heavy (non-hydrogen) atoms. The second-order valence-electron chi connectivity index (χ2n) is 5.78. The third-order valence-corrected chi connectivity index (χ3v) is 4.59. The molecule has 0 fully saturated rings. The number of phenolic OH excluding ortho intramolecular Hbond substituents is 1. The van der Waals surface area contributed by atoms with E-state index in [0.29, 0.717) is 17.0 Å². The Balaban J connectivity index is 0.00000161. The molecule has 0 saturated carbocycles. The van der Waals surface area contributed by atoms with Crippen LogP contribution < -0.4 is 21.9 Å². The molecular weight excluding hydrogens is 350 g/mol. The van der Waals surface area contributed by atoms with Crippen molar-refractivity contribution in [3.63, 3.8) is 0 Å². The topological polar surface area (TPSA) is 24.7 Å². The molecule has 0 heterocycles. The smallest absolute Gasteiger partial charge is 0.134 e. The average molecular weight is 369 g/mol. The van der Waals surface area contributed by atoms with Crippen molar-refractivity contribution in [2.24, 2.45) is 0 Å². The Kier molecular flexibility index (Phi) is 4.97. The van der Waals surface area contributed by atoms with Gasteiger partial charge in [-0.3, -0.25) is 0 Å². The second kappa shape index (κ2) is 6.39. The summed E-state index contributed by atoms with van der Waals surface area (Å²) < 4.78 is 0. The predicted molar refractivity (Wildman–Crippen MR) is 81.7 cm³/mol. The molecular formula is C17H19BrClNO. The van der Waals surface area contributed by atoms with Crippen molar-refractivity contribution in [1.82, 2.24) is 0 Å². The van der Waals surface area contributed by atoms with Gasteiger partial charge in [0, 0.05) is 6.42 Å². The zero-order valence-electron chi connectivity index (χ0n) is 12.1. The molecule has 2 N–H and O–H groups in total. The highest BCUT2D eigenvalue weighted by Crippen LogP contribution is 2.41. The SMILES string of the molecule is C[NH+](C)[C@@H]1Cc2cc(Cl)c(O)cc2[C@H]1c1ccccc1.[Br-]. The maximum Gasteiger partial charge on any atom is 0.134 e. The van der Waals surface area contributed by atoms with E-state index < -0.39 is 0 Å². The summed E-state index contributed by atoms with van der Waals surface area (Å²) >= 11 is 6.06. The van der Waals surface area contributed by atoms with Gasteiger partial charge in [-0.25, -0.2) is 0 Å². The van der Waals surface area contributed by atoms with Crippen LogP contribution in [-0.4, -0.2) is 25.2 Å².